The molecule has 0 saturated carbocycles. The highest BCUT2D eigenvalue weighted by Gasteiger charge is 2.19. The van der Waals surface area contributed by atoms with E-state index in [9.17, 15) is 14.4 Å². The lowest BCUT2D eigenvalue weighted by molar-refractivity contribution is -0.167. The highest BCUT2D eigenvalue weighted by molar-refractivity contribution is 5.71. The Morgan fingerprint density at radius 3 is 0.744 bits per heavy atom. The highest BCUT2D eigenvalue weighted by atomic mass is 16.6. The third-order valence-corrected chi connectivity index (χ3v) is 14.9. The molecule has 0 aliphatic rings. The number of allylic oxidation sites excluding steroid dienone is 12. The molecule has 0 N–H and O–H groups in total. The van der Waals surface area contributed by atoms with Gasteiger partial charge in [0.05, 0.1) is 0 Å². The summed E-state index contributed by atoms with van der Waals surface area (Å²) in [5.41, 5.74) is 0. The molecule has 0 heterocycles. The van der Waals surface area contributed by atoms with Crippen LogP contribution < -0.4 is 0 Å². The van der Waals surface area contributed by atoms with E-state index < -0.39 is 6.10 Å². The van der Waals surface area contributed by atoms with Crippen LogP contribution in [-0.4, -0.2) is 37.2 Å². The Morgan fingerprint density at radius 1 is 0.256 bits per heavy atom. The van der Waals surface area contributed by atoms with Crippen LogP contribution in [-0.2, 0) is 28.6 Å². The predicted octanol–water partition coefficient (Wildman–Crippen LogP) is 23.3. The molecule has 6 nitrogen and oxygen atoms in total. The van der Waals surface area contributed by atoms with Crippen LogP contribution in [0.15, 0.2) is 72.9 Å². The van der Waals surface area contributed by atoms with Crippen LogP contribution in [0.3, 0.4) is 0 Å². The summed E-state index contributed by atoms with van der Waals surface area (Å²) in [7, 11) is 0. The second-order valence-electron chi connectivity index (χ2n) is 22.7. The molecule has 0 spiro atoms. The minimum Gasteiger partial charge on any atom is -0.462 e. The van der Waals surface area contributed by atoms with Gasteiger partial charge in [0, 0.05) is 19.3 Å². The van der Waals surface area contributed by atoms with E-state index in [1.54, 1.807) is 0 Å². The van der Waals surface area contributed by atoms with Crippen molar-refractivity contribution in [2.75, 3.05) is 13.2 Å². The molecule has 78 heavy (non-hydrogen) atoms. The number of carbonyl (C=O) groups excluding carboxylic acids is 3. The number of esters is 3. The molecular weight excluding hydrogens is 961 g/mol. The van der Waals surface area contributed by atoms with Gasteiger partial charge in [-0.05, 0) is 116 Å². The van der Waals surface area contributed by atoms with Crippen LogP contribution in [0.4, 0.5) is 0 Å². The van der Waals surface area contributed by atoms with Crippen molar-refractivity contribution in [1.82, 2.24) is 0 Å². The summed E-state index contributed by atoms with van der Waals surface area (Å²) in [5, 5.41) is 0. The van der Waals surface area contributed by atoms with Gasteiger partial charge in [0.15, 0.2) is 6.10 Å². The fourth-order valence-corrected chi connectivity index (χ4v) is 9.77. The summed E-state index contributed by atoms with van der Waals surface area (Å²) in [4.78, 5) is 38.4. The van der Waals surface area contributed by atoms with E-state index in [0.717, 1.165) is 89.9 Å². The van der Waals surface area contributed by atoms with Crippen LogP contribution in [0.2, 0.25) is 0 Å². The highest BCUT2D eigenvalue weighted by Crippen LogP contribution is 2.17. The van der Waals surface area contributed by atoms with Crippen molar-refractivity contribution in [3.8, 4) is 0 Å². The summed E-state index contributed by atoms with van der Waals surface area (Å²) in [6.07, 6.45) is 86.2. The van der Waals surface area contributed by atoms with Gasteiger partial charge < -0.3 is 14.2 Å². The van der Waals surface area contributed by atoms with Gasteiger partial charge in [0.1, 0.15) is 13.2 Å². The van der Waals surface area contributed by atoms with E-state index in [1.807, 2.05) is 0 Å². The van der Waals surface area contributed by atoms with Crippen molar-refractivity contribution in [2.45, 2.75) is 354 Å². The minimum absolute atomic E-state index is 0.0797. The molecule has 0 amide bonds. The molecule has 0 radical (unpaired) electrons. The minimum atomic E-state index is -0.785. The van der Waals surface area contributed by atoms with Crippen LogP contribution in [0, 0.1) is 0 Å². The fourth-order valence-electron chi connectivity index (χ4n) is 9.77. The average molecular weight is 1090 g/mol. The predicted molar refractivity (Wildman–Crippen MR) is 339 cm³/mol. The first-order chi connectivity index (χ1) is 38.5. The number of hydrogen-bond donors (Lipinski definition) is 0. The third-order valence-electron chi connectivity index (χ3n) is 14.9. The van der Waals surface area contributed by atoms with Crippen molar-refractivity contribution in [3.63, 3.8) is 0 Å². The van der Waals surface area contributed by atoms with Crippen molar-refractivity contribution in [1.29, 1.82) is 0 Å². The average Bonchev–Trinajstić information content (AvgIpc) is 3.44. The molecule has 0 saturated heterocycles. The van der Waals surface area contributed by atoms with Gasteiger partial charge in [-0.15, -0.1) is 0 Å². The Hall–Kier alpha value is -3.15. The molecule has 452 valence electrons. The topological polar surface area (TPSA) is 78.9 Å². The number of carbonyl (C=O) groups is 3. The molecule has 0 aromatic carbocycles. The fraction of sp³-hybridized carbons (Fsp3) is 0.792. The van der Waals surface area contributed by atoms with Gasteiger partial charge in [-0.25, -0.2) is 0 Å². The molecule has 6 heteroatoms. The molecule has 0 rings (SSSR count). The molecule has 1 unspecified atom stereocenters. The molecule has 0 aromatic rings. The summed E-state index contributed by atoms with van der Waals surface area (Å²) >= 11 is 0. The first-order valence-electron chi connectivity index (χ1n) is 33.9. The van der Waals surface area contributed by atoms with Gasteiger partial charge in [0.25, 0.3) is 0 Å². The molecule has 0 fully saturated rings. The molecule has 1 atom stereocenters. The van der Waals surface area contributed by atoms with E-state index >= 15 is 0 Å². The Kier molecular flexibility index (Phi) is 63.7. The van der Waals surface area contributed by atoms with Crippen molar-refractivity contribution >= 4 is 17.9 Å². The summed E-state index contributed by atoms with van der Waals surface area (Å²) in [6.45, 7) is 6.62. The smallest absolute Gasteiger partial charge is 0.306 e. The molecule has 0 aliphatic heterocycles. The zero-order valence-corrected chi connectivity index (χ0v) is 51.9. The molecule has 0 aliphatic carbocycles. The zero-order chi connectivity index (χ0) is 56.4. The standard InChI is InChI=1S/C72H128O6/c1-4-7-10-13-16-19-22-25-28-31-33-34-35-36-37-38-39-42-44-47-50-53-56-59-62-65-71(74)77-68-69(67-76-70(73)64-61-58-55-52-49-46-43-40-30-27-24-21-18-15-12-9-6-3)78-72(75)66-63-60-57-54-51-48-45-41-32-29-26-23-20-17-14-11-8-5-2/h18,20-23,25,27,29-33,69H,4-17,19,24,26,28,34-68H2,1-3H3/b21-18-,23-20-,25-22-,30-27-,32-29-,33-31-. The number of ether oxygens (including phenoxy) is 3. The van der Waals surface area contributed by atoms with E-state index in [1.165, 1.54) is 218 Å². The van der Waals surface area contributed by atoms with Crippen LogP contribution in [0.5, 0.6) is 0 Å². The van der Waals surface area contributed by atoms with Gasteiger partial charge in [0.2, 0.25) is 0 Å². The number of hydrogen-bond acceptors (Lipinski definition) is 6. The van der Waals surface area contributed by atoms with Crippen molar-refractivity contribution in [3.05, 3.63) is 72.9 Å². The maximum Gasteiger partial charge on any atom is 0.306 e. The van der Waals surface area contributed by atoms with Crippen molar-refractivity contribution in [2.24, 2.45) is 0 Å². The van der Waals surface area contributed by atoms with Crippen molar-refractivity contribution < 1.29 is 28.6 Å². The van der Waals surface area contributed by atoms with E-state index in [4.69, 9.17) is 14.2 Å². The Balaban J connectivity index is 4.34. The van der Waals surface area contributed by atoms with Gasteiger partial charge in [-0.1, -0.05) is 286 Å². The normalized spacial score (nSPS) is 12.5. The SMILES string of the molecule is CCCCC/C=C\C/C=C\CCCCCCCCCC(=O)OCC(COC(=O)CCCCCCCCCCCCCCC/C=C\C/C=C\CCCCCCC)OC(=O)CCCCCCCCC/C=C\C/C=C\CCCCCC. The third kappa shape index (κ3) is 63.7. The number of rotatable bonds is 62. The molecule has 0 bridgehead atoms. The van der Waals surface area contributed by atoms with Crippen LogP contribution in [0.1, 0.15) is 348 Å². The lowest BCUT2D eigenvalue weighted by Gasteiger charge is -2.18. The first-order valence-corrected chi connectivity index (χ1v) is 33.9. The van der Waals surface area contributed by atoms with E-state index in [0.29, 0.717) is 19.3 Å². The lowest BCUT2D eigenvalue weighted by atomic mass is 10.0. The van der Waals surface area contributed by atoms with E-state index in [2.05, 4.69) is 93.7 Å². The maximum absolute atomic E-state index is 12.9. The molecular formula is C72H128O6. The van der Waals surface area contributed by atoms with Gasteiger partial charge in [-0.3, -0.25) is 14.4 Å². The summed E-state index contributed by atoms with van der Waals surface area (Å²) < 4.78 is 17.0. The van der Waals surface area contributed by atoms with Gasteiger partial charge in [-0.2, -0.15) is 0 Å². The van der Waals surface area contributed by atoms with Gasteiger partial charge >= 0.3 is 17.9 Å². The second-order valence-corrected chi connectivity index (χ2v) is 22.7. The lowest BCUT2D eigenvalue weighted by Crippen LogP contribution is -2.30. The first kappa shape index (κ1) is 74.8. The zero-order valence-electron chi connectivity index (χ0n) is 51.9. The summed E-state index contributed by atoms with van der Waals surface area (Å²) in [5.74, 6) is -0.879. The molecule has 0 aromatic heterocycles. The largest absolute Gasteiger partial charge is 0.462 e. The second kappa shape index (κ2) is 66.4. The van der Waals surface area contributed by atoms with Crippen LogP contribution >= 0.6 is 0 Å². The monoisotopic (exact) mass is 1090 g/mol. The Labute approximate surface area is 484 Å². The quantitative estimate of drug-likeness (QED) is 0.0261. The maximum atomic E-state index is 12.9. The number of unbranched alkanes of at least 4 members (excludes halogenated alkanes) is 39. The van der Waals surface area contributed by atoms with E-state index in [-0.39, 0.29) is 31.1 Å². The Bertz CT molecular complexity index is 1440. The summed E-state index contributed by atoms with van der Waals surface area (Å²) in [6, 6.07) is 0. The Morgan fingerprint density at radius 2 is 0.462 bits per heavy atom. The van der Waals surface area contributed by atoms with Crippen LogP contribution in [0.25, 0.3) is 0 Å².